The first-order chi connectivity index (χ1) is 11.7. The normalized spacial score (nSPS) is 28.7. The number of halogens is 1. The molecular formula is C18H20IN3OS. The van der Waals surface area contributed by atoms with E-state index in [1.165, 1.54) is 18.4 Å². The fourth-order valence-electron chi connectivity index (χ4n) is 4.04. The van der Waals surface area contributed by atoms with E-state index >= 15 is 0 Å². The zero-order valence-corrected chi connectivity index (χ0v) is 16.3. The van der Waals surface area contributed by atoms with Crippen LogP contribution in [0.15, 0.2) is 36.7 Å². The number of thiophene rings is 1. The molecule has 126 valence electrons. The molecule has 2 bridgehead atoms. The first kappa shape index (κ1) is 16.5. The lowest BCUT2D eigenvalue weighted by atomic mass is 9.77. The molecule has 3 saturated heterocycles. The minimum Gasteiger partial charge on any atom is -0.347 e. The second-order valence-corrected chi connectivity index (χ2v) is 9.59. The van der Waals surface area contributed by atoms with Gasteiger partial charge in [0, 0.05) is 24.5 Å². The Balaban J connectivity index is 1.53. The van der Waals surface area contributed by atoms with Gasteiger partial charge in [-0.1, -0.05) is 6.07 Å². The van der Waals surface area contributed by atoms with E-state index in [2.05, 4.69) is 43.9 Å². The quantitative estimate of drug-likeness (QED) is 0.724. The molecule has 6 heteroatoms. The zero-order chi connectivity index (χ0) is 16.5. The Hall–Kier alpha value is -0.990. The topological polar surface area (TPSA) is 45.2 Å². The summed E-state index contributed by atoms with van der Waals surface area (Å²) in [7, 11) is 0. The van der Waals surface area contributed by atoms with E-state index in [0.717, 1.165) is 27.3 Å². The van der Waals surface area contributed by atoms with Gasteiger partial charge >= 0.3 is 0 Å². The monoisotopic (exact) mass is 453 g/mol. The van der Waals surface area contributed by atoms with Crippen molar-refractivity contribution in [3.8, 4) is 0 Å². The maximum Gasteiger partial charge on any atom is 0.261 e. The van der Waals surface area contributed by atoms with E-state index in [1.807, 2.05) is 30.6 Å². The number of piperidine rings is 3. The molecule has 3 aliphatic rings. The standard InChI is InChI=1S/C18H20IN3OS/c19-16-4-3-15(24-16)18(23)21-17-13-5-8-22(9-6-13)14(17)10-12-2-1-7-20-11-12/h1-4,7,11,13-14,17H,5-6,8-10H2,(H,21,23)/t14-,17+/m0/s1. The number of hydrogen-bond donors (Lipinski definition) is 1. The Bertz CT molecular complexity index is 712. The summed E-state index contributed by atoms with van der Waals surface area (Å²) in [5.74, 6) is 0.678. The third kappa shape index (κ3) is 3.36. The molecule has 24 heavy (non-hydrogen) atoms. The second kappa shape index (κ2) is 7.09. The molecule has 2 aromatic rings. The van der Waals surface area contributed by atoms with Crippen LogP contribution >= 0.6 is 33.9 Å². The van der Waals surface area contributed by atoms with Crippen LogP contribution in [0.25, 0.3) is 0 Å². The minimum absolute atomic E-state index is 0.0813. The van der Waals surface area contributed by atoms with Crippen molar-refractivity contribution in [2.24, 2.45) is 5.92 Å². The van der Waals surface area contributed by atoms with Gasteiger partial charge in [0.05, 0.1) is 7.76 Å². The van der Waals surface area contributed by atoms with Crippen LogP contribution in [0.5, 0.6) is 0 Å². The van der Waals surface area contributed by atoms with Crippen molar-refractivity contribution in [2.75, 3.05) is 13.1 Å². The van der Waals surface area contributed by atoms with Crippen LogP contribution < -0.4 is 5.32 Å². The van der Waals surface area contributed by atoms with E-state index in [-0.39, 0.29) is 11.9 Å². The lowest BCUT2D eigenvalue weighted by Crippen LogP contribution is -2.64. The van der Waals surface area contributed by atoms with Gasteiger partial charge in [-0.2, -0.15) is 0 Å². The molecule has 0 radical (unpaired) electrons. The lowest BCUT2D eigenvalue weighted by molar-refractivity contribution is 0.0137. The Labute approximate surface area is 159 Å². The summed E-state index contributed by atoms with van der Waals surface area (Å²) in [4.78, 5) is 20.3. The SMILES string of the molecule is O=C(N[C@@H]1C2CCN(CC2)[C@H]1Cc1cccnc1)c1ccc(I)s1. The molecule has 0 saturated carbocycles. The molecule has 5 rings (SSSR count). The average molecular weight is 453 g/mol. The van der Waals surface area contributed by atoms with Gasteiger partial charge in [-0.05, 0) is 84.6 Å². The summed E-state index contributed by atoms with van der Waals surface area (Å²) in [6.07, 6.45) is 7.10. The third-order valence-electron chi connectivity index (χ3n) is 5.23. The van der Waals surface area contributed by atoms with Gasteiger partial charge in [0.25, 0.3) is 5.91 Å². The van der Waals surface area contributed by atoms with Gasteiger partial charge in [0.15, 0.2) is 0 Å². The maximum atomic E-state index is 12.7. The molecule has 5 heterocycles. The largest absolute Gasteiger partial charge is 0.347 e. The third-order valence-corrected chi connectivity index (χ3v) is 7.12. The van der Waals surface area contributed by atoms with Gasteiger partial charge in [-0.3, -0.25) is 14.7 Å². The molecule has 2 aromatic heterocycles. The van der Waals surface area contributed by atoms with Crippen LogP contribution in [0.1, 0.15) is 28.1 Å². The first-order valence-corrected chi connectivity index (χ1v) is 10.3. The van der Waals surface area contributed by atoms with E-state index in [1.54, 1.807) is 11.3 Å². The lowest BCUT2D eigenvalue weighted by Gasteiger charge is -2.51. The van der Waals surface area contributed by atoms with Crippen molar-refractivity contribution in [3.05, 3.63) is 50.0 Å². The molecule has 0 aromatic carbocycles. The highest BCUT2D eigenvalue weighted by Crippen LogP contribution is 2.34. The van der Waals surface area contributed by atoms with Crippen molar-refractivity contribution in [1.82, 2.24) is 15.2 Å². The Kier molecular flexibility index (Phi) is 4.87. The number of carbonyl (C=O) groups excluding carboxylic acids is 1. The first-order valence-electron chi connectivity index (χ1n) is 8.40. The van der Waals surface area contributed by atoms with Crippen LogP contribution in [0.3, 0.4) is 0 Å². The summed E-state index contributed by atoms with van der Waals surface area (Å²) in [5.41, 5.74) is 1.25. The van der Waals surface area contributed by atoms with Crippen molar-refractivity contribution < 1.29 is 4.79 Å². The summed E-state index contributed by atoms with van der Waals surface area (Å²) < 4.78 is 1.15. The Morgan fingerprint density at radius 3 is 2.83 bits per heavy atom. The highest BCUT2D eigenvalue weighted by molar-refractivity contribution is 14.1. The van der Waals surface area contributed by atoms with Gasteiger partial charge in [0.2, 0.25) is 0 Å². The molecule has 0 aliphatic carbocycles. The molecule has 4 nitrogen and oxygen atoms in total. The highest BCUT2D eigenvalue weighted by atomic mass is 127. The van der Waals surface area contributed by atoms with Crippen LogP contribution in [0.2, 0.25) is 0 Å². The number of nitrogens with one attached hydrogen (secondary N) is 1. The van der Waals surface area contributed by atoms with Crippen molar-refractivity contribution in [2.45, 2.75) is 31.3 Å². The van der Waals surface area contributed by atoms with Crippen LogP contribution in [0.4, 0.5) is 0 Å². The summed E-state index contributed by atoms with van der Waals surface area (Å²) in [5, 5.41) is 3.36. The molecule has 1 amide bonds. The van der Waals surface area contributed by atoms with Crippen LogP contribution in [-0.4, -0.2) is 41.0 Å². The number of fused-ring (bicyclic) bond motifs is 3. The average Bonchev–Trinajstić information content (AvgIpc) is 3.05. The molecule has 0 unspecified atom stereocenters. The van der Waals surface area contributed by atoms with Gasteiger partial charge in [-0.25, -0.2) is 0 Å². The summed E-state index contributed by atoms with van der Waals surface area (Å²) in [6.45, 7) is 2.30. The molecule has 3 aliphatic heterocycles. The number of carbonyl (C=O) groups is 1. The molecular weight excluding hydrogens is 433 g/mol. The van der Waals surface area contributed by atoms with Crippen LogP contribution in [-0.2, 0) is 6.42 Å². The Morgan fingerprint density at radius 2 is 2.17 bits per heavy atom. The number of pyridine rings is 1. The van der Waals surface area contributed by atoms with Gasteiger partial charge in [0.1, 0.15) is 0 Å². The molecule has 2 atom stereocenters. The van der Waals surface area contributed by atoms with E-state index in [0.29, 0.717) is 12.0 Å². The highest BCUT2D eigenvalue weighted by Gasteiger charge is 2.42. The van der Waals surface area contributed by atoms with Crippen LogP contribution in [0, 0.1) is 8.80 Å². The number of amides is 1. The predicted molar refractivity (Wildman–Crippen MR) is 104 cm³/mol. The van der Waals surface area contributed by atoms with E-state index in [9.17, 15) is 4.79 Å². The second-order valence-electron chi connectivity index (χ2n) is 6.61. The molecule has 1 N–H and O–H groups in total. The summed E-state index contributed by atoms with van der Waals surface area (Å²) in [6, 6.07) is 8.68. The Morgan fingerprint density at radius 1 is 1.33 bits per heavy atom. The predicted octanol–water partition coefficient (Wildman–Crippen LogP) is 3.18. The number of rotatable bonds is 4. The number of nitrogens with zero attached hydrogens (tertiary/aromatic N) is 2. The van der Waals surface area contributed by atoms with Gasteiger partial charge < -0.3 is 5.32 Å². The fraction of sp³-hybridized carbons (Fsp3) is 0.444. The number of hydrogen-bond acceptors (Lipinski definition) is 4. The fourth-order valence-corrected chi connectivity index (χ4v) is 5.57. The zero-order valence-electron chi connectivity index (χ0n) is 13.3. The van der Waals surface area contributed by atoms with E-state index in [4.69, 9.17) is 0 Å². The summed E-state index contributed by atoms with van der Waals surface area (Å²) >= 11 is 3.83. The van der Waals surface area contributed by atoms with Crippen molar-refractivity contribution in [1.29, 1.82) is 0 Å². The molecule has 0 spiro atoms. The maximum absolute atomic E-state index is 12.7. The van der Waals surface area contributed by atoms with E-state index < -0.39 is 0 Å². The van der Waals surface area contributed by atoms with Gasteiger partial charge in [-0.15, -0.1) is 11.3 Å². The van der Waals surface area contributed by atoms with Crippen molar-refractivity contribution >= 4 is 39.8 Å². The number of aromatic nitrogens is 1. The minimum atomic E-state index is 0.0813. The van der Waals surface area contributed by atoms with Crippen molar-refractivity contribution in [3.63, 3.8) is 0 Å². The molecule has 3 fully saturated rings. The smallest absolute Gasteiger partial charge is 0.261 e.